The molecule has 1 N–H and O–H groups in total. The highest BCUT2D eigenvalue weighted by atomic mass is 19.1. The van der Waals surface area contributed by atoms with Crippen LogP contribution in [-0.4, -0.2) is 42.1 Å². The summed E-state index contributed by atoms with van der Waals surface area (Å²) in [7, 11) is 2.81. The molecule has 106 valence electrons. The summed E-state index contributed by atoms with van der Waals surface area (Å²) in [5.74, 6) is -0.969. The minimum Gasteiger partial charge on any atom is -0.496 e. The number of carbonyl (C=O) groups is 1. The third-order valence-electron chi connectivity index (χ3n) is 2.28. The second-order valence-corrected chi connectivity index (χ2v) is 4.29. The largest absolute Gasteiger partial charge is 0.496 e. The van der Waals surface area contributed by atoms with Gasteiger partial charge in [-0.05, 0) is 13.8 Å². The number of nitrogens with zero attached hydrogens (tertiary/aromatic N) is 1. The van der Waals surface area contributed by atoms with Crippen molar-refractivity contribution in [2.45, 2.75) is 25.6 Å². The molecule has 19 heavy (non-hydrogen) atoms. The van der Waals surface area contributed by atoms with Gasteiger partial charge >= 0.3 is 5.97 Å². The zero-order chi connectivity index (χ0) is 14.6. The predicted octanol–water partition coefficient (Wildman–Crippen LogP) is 1.68. The fourth-order valence-electron chi connectivity index (χ4n) is 1.35. The molecule has 0 aliphatic heterocycles. The lowest BCUT2D eigenvalue weighted by Crippen LogP contribution is -2.43. The fraction of sp³-hybridized carbons (Fsp3) is 0.500. The minimum absolute atomic E-state index is 0.0886. The normalized spacial score (nSPS) is 12.7. The SMILES string of the molecule is COc1cc(OC)nc(OC(C(=O)O)C(C)(C)F)c1. The van der Waals surface area contributed by atoms with Gasteiger partial charge in [-0.2, -0.15) is 4.98 Å². The molecule has 0 saturated carbocycles. The van der Waals surface area contributed by atoms with Crippen LogP contribution in [0.1, 0.15) is 13.8 Å². The van der Waals surface area contributed by atoms with Crippen molar-refractivity contribution in [3.05, 3.63) is 12.1 Å². The number of halogens is 1. The van der Waals surface area contributed by atoms with Crippen LogP contribution in [0.25, 0.3) is 0 Å². The first kappa shape index (κ1) is 15.0. The average molecular weight is 273 g/mol. The Balaban J connectivity index is 3.05. The Kier molecular flexibility index (Phi) is 4.52. The molecule has 1 aromatic rings. The number of hydrogen-bond acceptors (Lipinski definition) is 5. The standard InChI is InChI=1S/C12H16FNO5/c1-12(2,13)10(11(15)16)19-9-6-7(17-3)5-8(14-9)18-4/h5-6,10H,1-4H3,(H,15,16). The van der Waals surface area contributed by atoms with Crippen molar-refractivity contribution >= 4 is 5.97 Å². The van der Waals surface area contributed by atoms with E-state index in [1.165, 1.54) is 26.4 Å². The van der Waals surface area contributed by atoms with Crippen molar-refractivity contribution in [2.75, 3.05) is 14.2 Å². The number of carboxylic acids is 1. The molecule has 0 amide bonds. The number of aromatic nitrogens is 1. The van der Waals surface area contributed by atoms with Gasteiger partial charge in [-0.25, -0.2) is 9.18 Å². The quantitative estimate of drug-likeness (QED) is 0.849. The molecular weight excluding hydrogens is 257 g/mol. The number of ether oxygens (including phenoxy) is 3. The molecule has 0 radical (unpaired) electrons. The Bertz CT molecular complexity index is 436. The highest BCUT2D eigenvalue weighted by Gasteiger charge is 2.38. The molecule has 6 nitrogen and oxygen atoms in total. The molecule has 7 heteroatoms. The maximum Gasteiger partial charge on any atom is 0.348 e. The van der Waals surface area contributed by atoms with Crippen LogP contribution in [0.15, 0.2) is 12.1 Å². The molecule has 0 spiro atoms. The molecule has 0 aliphatic carbocycles. The van der Waals surface area contributed by atoms with E-state index in [0.717, 1.165) is 13.8 Å². The molecule has 0 bridgehead atoms. The molecule has 1 aromatic heterocycles. The first-order valence-corrected chi connectivity index (χ1v) is 5.46. The van der Waals surface area contributed by atoms with E-state index < -0.39 is 17.7 Å². The highest BCUT2D eigenvalue weighted by molar-refractivity contribution is 5.74. The van der Waals surface area contributed by atoms with Gasteiger partial charge in [0.2, 0.25) is 17.9 Å². The molecule has 0 aliphatic rings. The van der Waals surface area contributed by atoms with Crippen LogP contribution in [-0.2, 0) is 4.79 Å². The van der Waals surface area contributed by atoms with Gasteiger partial charge < -0.3 is 19.3 Å². The van der Waals surface area contributed by atoms with Crippen LogP contribution >= 0.6 is 0 Å². The summed E-state index contributed by atoms with van der Waals surface area (Å²) in [6, 6.07) is 2.84. The Hall–Kier alpha value is -2.05. The maximum absolute atomic E-state index is 13.8. The number of alkyl halides is 1. The minimum atomic E-state index is -2.07. The van der Waals surface area contributed by atoms with E-state index in [2.05, 4.69) is 4.98 Å². The van der Waals surface area contributed by atoms with Gasteiger partial charge in [-0.1, -0.05) is 0 Å². The molecule has 0 fully saturated rings. The summed E-state index contributed by atoms with van der Waals surface area (Å²) in [6.45, 7) is 2.23. The van der Waals surface area contributed by atoms with E-state index in [0.29, 0.717) is 5.75 Å². The summed E-state index contributed by atoms with van der Waals surface area (Å²) in [4.78, 5) is 14.9. The zero-order valence-electron chi connectivity index (χ0n) is 11.1. The lowest BCUT2D eigenvalue weighted by molar-refractivity contribution is -0.151. The molecule has 0 saturated heterocycles. The summed E-state index contributed by atoms with van der Waals surface area (Å²) in [5, 5.41) is 8.97. The average Bonchev–Trinajstić information content (AvgIpc) is 2.33. The van der Waals surface area contributed by atoms with Crippen molar-refractivity contribution in [1.82, 2.24) is 4.98 Å². The van der Waals surface area contributed by atoms with Crippen LogP contribution in [0.3, 0.4) is 0 Å². The fourth-order valence-corrected chi connectivity index (χ4v) is 1.35. The smallest absolute Gasteiger partial charge is 0.348 e. The van der Waals surface area contributed by atoms with E-state index in [1.807, 2.05) is 0 Å². The lowest BCUT2D eigenvalue weighted by atomic mass is 10.0. The molecule has 0 aromatic carbocycles. The van der Waals surface area contributed by atoms with Crippen molar-refractivity contribution in [2.24, 2.45) is 0 Å². The van der Waals surface area contributed by atoms with Crippen LogP contribution in [0.5, 0.6) is 17.5 Å². The van der Waals surface area contributed by atoms with E-state index in [-0.39, 0.29) is 11.8 Å². The second-order valence-electron chi connectivity index (χ2n) is 4.29. The predicted molar refractivity (Wildman–Crippen MR) is 64.6 cm³/mol. The number of aliphatic carboxylic acids is 1. The Morgan fingerprint density at radius 1 is 1.32 bits per heavy atom. The van der Waals surface area contributed by atoms with Crippen molar-refractivity contribution in [1.29, 1.82) is 0 Å². The second kappa shape index (κ2) is 5.73. The van der Waals surface area contributed by atoms with E-state index >= 15 is 0 Å². The number of hydrogen-bond donors (Lipinski definition) is 1. The monoisotopic (exact) mass is 273 g/mol. The Morgan fingerprint density at radius 2 is 1.89 bits per heavy atom. The van der Waals surface area contributed by atoms with Crippen LogP contribution in [0.4, 0.5) is 4.39 Å². The number of carboxylic acid groups (broad SMARTS) is 1. The van der Waals surface area contributed by atoms with E-state index in [1.54, 1.807) is 0 Å². The van der Waals surface area contributed by atoms with Gasteiger partial charge in [0.1, 0.15) is 5.75 Å². The Labute approximate surface area is 110 Å². The van der Waals surface area contributed by atoms with Crippen molar-refractivity contribution in [3.8, 4) is 17.5 Å². The third-order valence-corrected chi connectivity index (χ3v) is 2.28. The topological polar surface area (TPSA) is 77.9 Å². The van der Waals surface area contributed by atoms with Gasteiger partial charge in [-0.3, -0.25) is 0 Å². The van der Waals surface area contributed by atoms with Gasteiger partial charge in [-0.15, -0.1) is 0 Å². The molecule has 1 heterocycles. The summed E-state index contributed by atoms with van der Waals surface area (Å²) in [5.41, 5.74) is -2.07. The number of methoxy groups -OCH3 is 2. The third kappa shape index (κ3) is 3.97. The van der Waals surface area contributed by atoms with Crippen molar-refractivity contribution < 1.29 is 28.5 Å². The molecule has 1 rings (SSSR count). The number of pyridine rings is 1. The summed E-state index contributed by atoms with van der Waals surface area (Å²) < 4.78 is 28.7. The van der Waals surface area contributed by atoms with E-state index in [9.17, 15) is 9.18 Å². The van der Waals surface area contributed by atoms with E-state index in [4.69, 9.17) is 19.3 Å². The first-order valence-electron chi connectivity index (χ1n) is 5.46. The van der Waals surface area contributed by atoms with Crippen LogP contribution < -0.4 is 14.2 Å². The summed E-state index contributed by atoms with van der Waals surface area (Å²) >= 11 is 0. The molecule has 1 unspecified atom stereocenters. The molecule has 1 atom stereocenters. The van der Waals surface area contributed by atoms with Crippen LogP contribution in [0.2, 0.25) is 0 Å². The molecular formula is C12H16FNO5. The van der Waals surface area contributed by atoms with Crippen LogP contribution in [0, 0.1) is 0 Å². The van der Waals surface area contributed by atoms with Gasteiger partial charge in [0.05, 0.1) is 14.2 Å². The van der Waals surface area contributed by atoms with Gasteiger partial charge in [0.15, 0.2) is 5.67 Å². The van der Waals surface area contributed by atoms with Crippen molar-refractivity contribution in [3.63, 3.8) is 0 Å². The summed E-state index contributed by atoms with van der Waals surface area (Å²) in [6.07, 6.45) is -1.68. The number of rotatable bonds is 6. The first-order chi connectivity index (χ1) is 8.77. The maximum atomic E-state index is 13.8. The Morgan fingerprint density at radius 3 is 2.32 bits per heavy atom. The van der Waals surface area contributed by atoms with Gasteiger partial charge in [0, 0.05) is 12.1 Å². The lowest BCUT2D eigenvalue weighted by Gasteiger charge is -2.23. The highest BCUT2D eigenvalue weighted by Crippen LogP contribution is 2.26. The zero-order valence-corrected chi connectivity index (χ0v) is 11.1. The van der Waals surface area contributed by atoms with Gasteiger partial charge in [0.25, 0.3) is 0 Å².